The van der Waals surface area contributed by atoms with E-state index in [9.17, 15) is 0 Å². The first-order valence-corrected chi connectivity index (χ1v) is 6.25. The molecule has 0 aliphatic heterocycles. The molecule has 1 aliphatic rings. The molecule has 0 bridgehead atoms. The van der Waals surface area contributed by atoms with Crippen LogP contribution in [0.2, 0.25) is 0 Å². The summed E-state index contributed by atoms with van der Waals surface area (Å²) < 4.78 is 7.58. The van der Waals surface area contributed by atoms with Gasteiger partial charge in [-0.2, -0.15) is 0 Å². The summed E-state index contributed by atoms with van der Waals surface area (Å²) in [5.74, 6) is 0.854. The van der Waals surface area contributed by atoms with E-state index in [1.165, 1.54) is 18.4 Å². The summed E-state index contributed by atoms with van der Waals surface area (Å²) in [5, 5.41) is 3.42. The quantitative estimate of drug-likeness (QED) is 0.716. The normalized spacial score (nSPS) is 17.6. The molecule has 3 heteroatoms. The van der Waals surface area contributed by atoms with Gasteiger partial charge in [0.15, 0.2) is 0 Å². The standard InChI is InChI=1S/C13H22N2O/c1-3-16-9-8-15-7-6-12(10-15)13(14-2)11-4-5-11/h6-7,10-11,13-14H,3-5,8-9H2,1-2H3. The summed E-state index contributed by atoms with van der Waals surface area (Å²) >= 11 is 0. The molecule has 1 N–H and O–H groups in total. The van der Waals surface area contributed by atoms with Gasteiger partial charge in [-0.3, -0.25) is 0 Å². The molecule has 0 aromatic carbocycles. The van der Waals surface area contributed by atoms with Gasteiger partial charge in [0.25, 0.3) is 0 Å². The maximum atomic E-state index is 5.36. The van der Waals surface area contributed by atoms with Crippen molar-refractivity contribution in [3.63, 3.8) is 0 Å². The molecule has 1 fully saturated rings. The topological polar surface area (TPSA) is 26.2 Å². The minimum atomic E-state index is 0.549. The highest BCUT2D eigenvalue weighted by molar-refractivity contribution is 5.18. The zero-order valence-corrected chi connectivity index (χ0v) is 10.3. The second kappa shape index (κ2) is 5.51. The van der Waals surface area contributed by atoms with Crippen molar-refractivity contribution in [3.05, 3.63) is 24.0 Å². The van der Waals surface area contributed by atoms with Crippen LogP contribution < -0.4 is 5.32 Å². The lowest BCUT2D eigenvalue weighted by Crippen LogP contribution is -2.17. The van der Waals surface area contributed by atoms with Gasteiger partial charge in [0.05, 0.1) is 6.61 Å². The molecule has 3 nitrogen and oxygen atoms in total. The monoisotopic (exact) mass is 222 g/mol. The van der Waals surface area contributed by atoms with E-state index in [4.69, 9.17) is 4.74 Å². The van der Waals surface area contributed by atoms with Crippen molar-refractivity contribution in [2.45, 2.75) is 32.4 Å². The fourth-order valence-electron chi connectivity index (χ4n) is 2.20. The number of nitrogens with one attached hydrogen (secondary N) is 1. The molecule has 1 saturated carbocycles. The van der Waals surface area contributed by atoms with Crippen molar-refractivity contribution in [3.8, 4) is 0 Å². The molecular formula is C13H22N2O. The summed E-state index contributed by atoms with van der Waals surface area (Å²) in [6, 6.07) is 2.78. The van der Waals surface area contributed by atoms with Gasteiger partial charge in [0.1, 0.15) is 0 Å². The van der Waals surface area contributed by atoms with Gasteiger partial charge < -0.3 is 14.6 Å². The van der Waals surface area contributed by atoms with E-state index in [0.717, 1.165) is 25.7 Å². The minimum Gasteiger partial charge on any atom is -0.380 e. The average molecular weight is 222 g/mol. The number of rotatable bonds is 7. The lowest BCUT2D eigenvalue weighted by Gasteiger charge is -2.13. The number of nitrogens with zero attached hydrogens (tertiary/aromatic N) is 1. The van der Waals surface area contributed by atoms with Crippen LogP contribution in [0.1, 0.15) is 31.4 Å². The smallest absolute Gasteiger partial charge is 0.0645 e. The van der Waals surface area contributed by atoms with Gasteiger partial charge >= 0.3 is 0 Å². The highest BCUT2D eigenvalue weighted by atomic mass is 16.5. The molecule has 1 aliphatic carbocycles. The van der Waals surface area contributed by atoms with Gasteiger partial charge in [-0.1, -0.05) is 0 Å². The minimum absolute atomic E-state index is 0.549. The van der Waals surface area contributed by atoms with Crippen LogP contribution in [0, 0.1) is 5.92 Å². The zero-order chi connectivity index (χ0) is 11.4. The summed E-state index contributed by atoms with van der Waals surface area (Å²) in [6.07, 6.45) is 7.14. The third-order valence-electron chi connectivity index (χ3n) is 3.23. The zero-order valence-electron chi connectivity index (χ0n) is 10.3. The second-order valence-electron chi connectivity index (χ2n) is 4.48. The molecule has 1 aromatic rings. The third-order valence-corrected chi connectivity index (χ3v) is 3.23. The van der Waals surface area contributed by atoms with Crippen LogP contribution >= 0.6 is 0 Å². The van der Waals surface area contributed by atoms with Crippen molar-refractivity contribution >= 4 is 0 Å². The van der Waals surface area contributed by atoms with E-state index in [1.54, 1.807) is 0 Å². The fraction of sp³-hybridized carbons (Fsp3) is 0.692. The van der Waals surface area contributed by atoms with Gasteiger partial charge in [0, 0.05) is 31.6 Å². The molecule has 1 aromatic heterocycles. The largest absolute Gasteiger partial charge is 0.380 e. The van der Waals surface area contributed by atoms with E-state index in [2.05, 4.69) is 35.4 Å². The van der Waals surface area contributed by atoms with Crippen molar-refractivity contribution in [2.24, 2.45) is 5.92 Å². The first-order valence-electron chi connectivity index (χ1n) is 6.25. The summed E-state index contributed by atoms with van der Waals surface area (Å²) in [5.41, 5.74) is 1.42. The molecule has 0 radical (unpaired) electrons. The van der Waals surface area contributed by atoms with Gasteiger partial charge in [0.2, 0.25) is 0 Å². The number of aromatic nitrogens is 1. The van der Waals surface area contributed by atoms with Crippen LogP contribution in [0.15, 0.2) is 18.5 Å². The molecule has 2 rings (SSSR count). The fourth-order valence-corrected chi connectivity index (χ4v) is 2.20. The van der Waals surface area contributed by atoms with Crippen LogP contribution in [0.5, 0.6) is 0 Å². The Balaban J connectivity index is 1.90. The first kappa shape index (κ1) is 11.7. The number of ether oxygens (including phenoxy) is 1. The predicted octanol–water partition coefficient (Wildman–Crippen LogP) is 2.20. The molecule has 16 heavy (non-hydrogen) atoms. The Morgan fingerprint density at radius 1 is 1.56 bits per heavy atom. The lowest BCUT2D eigenvalue weighted by atomic mass is 10.1. The highest BCUT2D eigenvalue weighted by Crippen LogP contribution is 2.40. The molecular weight excluding hydrogens is 200 g/mol. The summed E-state index contributed by atoms with van der Waals surface area (Å²) in [7, 11) is 2.06. The predicted molar refractivity (Wildman–Crippen MR) is 65.4 cm³/mol. The van der Waals surface area contributed by atoms with Crippen molar-refractivity contribution in [1.82, 2.24) is 9.88 Å². The molecule has 1 unspecified atom stereocenters. The Morgan fingerprint density at radius 3 is 3.00 bits per heavy atom. The number of hydrogen-bond donors (Lipinski definition) is 1. The molecule has 1 atom stereocenters. The maximum absolute atomic E-state index is 5.36. The SMILES string of the molecule is CCOCCn1ccc(C(NC)C2CC2)c1. The van der Waals surface area contributed by atoms with Gasteiger partial charge in [-0.25, -0.2) is 0 Å². The van der Waals surface area contributed by atoms with Gasteiger partial charge in [-0.05, 0) is 44.4 Å². The van der Waals surface area contributed by atoms with E-state index in [0.29, 0.717) is 6.04 Å². The lowest BCUT2D eigenvalue weighted by molar-refractivity contribution is 0.139. The Labute approximate surface area is 97.8 Å². The molecule has 0 amide bonds. The van der Waals surface area contributed by atoms with Gasteiger partial charge in [-0.15, -0.1) is 0 Å². The maximum Gasteiger partial charge on any atom is 0.0645 e. The summed E-state index contributed by atoms with van der Waals surface area (Å²) in [4.78, 5) is 0. The van der Waals surface area contributed by atoms with Crippen LogP contribution in [-0.4, -0.2) is 24.8 Å². The Hall–Kier alpha value is -0.800. The highest BCUT2D eigenvalue weighted by Gasteiger charge is 2.31. The van der Waals surface area contributed by atoms with E-state index in [-0.39, 0.29) is 0 Å². The molecule has 90 valence electrons. The average Bonchev–Trinajstić information content (AvgIpc) is 3.01. The Morgan fingerprint density at radius 2 is 2.38 bits per heavy atom. The third kappa shape index (κ3) is 2.86. The number of hydrogen-bond acceptors (Lipinski definition) is 2. The second-order valence-corrected chi connectivity index (χ2v) is 4.48. The molecule has 0 saturated heterocycles. The summed E-state index contributed by atoms with van der Waals surface area (Å²) in [6.45, 7) is 4.59. The van der Waals surface area contributed by atoms with Crippen molar-refractivity contribution in [1.29, 1.82) is 0 Å². The van der Waals surface area contributed by atoms with E-state index in [1.807, 2.05) is 6.92 Å². The van der Waals surface area contributed by atoms with Crippen LogP contribution in [0.25, 0.3) is 0 Å². The molecule has 1 heterocycles. The van der Waals surface area contributed by atoms with Crippen LogP contribution in [-0.2, 0) is 11.3 Å². The van der Waals surface area contributed by atoms with Crippen molar-refractivity contribution < 1.29 is 4.74 Å². The first-order chi connectivity index (χ1) is 7.85. The Bertz CT molecular complexity index is 317. The van der Waals surface area contributed by atoms with E-state index >= 15 is 0 Å². The van der Waals surface area contributed by atoms with Crippen molar-refractivity contribution in [2.75, 3.05) is 20.3 Å². The molecule has 0 spiro atoms. The Kier molecular flexibility index (Phi) is 4.02. The van der Waals surface area contributed by atoms with E-state index < -0.39 is 0 Å². The van der Waals surface area contributed by atoms with Crippen LogP contribution in [0.4, 0.5) is 0 Å². The van der Waals surface area contributed by atoms with Crippen LogP contribution in [0.3, 0.4) is 0 Å².